The monoisotopic (exact) mass is 776 g/mol. The van der Waals surface area contributed by atoms with Crippen molar-refractivity contribution < 1.29 is 47.6 Å². The van der Waals surface area contributed by atoms with E-state index in [2.05, 4.69) is 22.6 Å². The lowest BCUT2D eigenvalue weighted by atomic mass is 9.97. The summed E-state index contributed by atoms with van der Waals surface area (Å²) in [5.41, 5.74) is 0.916. The first-order valence-corrected chi connectivity index (χ1v) is 16.7. The number of rotatable bonds is 13. The fourth-order valence-corrected chi connectivity index (χ4v) is 5.34. The van der Waals surface area contributed by atoms with E-state index in [4.69, 9.17) is 28.4 Å². The Labute approximate surface area is 297 Å². The largest absolute Gasteiger partial charge is 0.459 e. The molecule has 252 valence electrons. The molecule has 0 amide bonds. The Bertz CT molecular complexity index is 1700. The van der Waals surface area contributed by atoms with Gasteiger partial charge in [0, 0.05) is 0 Å². The summed E-state index contributed by atoms with van der Waals surface area (Å²) < 4.78 is 37.9. The summed E-state index contributed by atoms with van der Waals surface area (Å²) in [5, 5.41) is 0. The van der Waals surface area contributed by atoms with Crippen LogP contribution in [-0.2, 0) is 28.4 Å². The van der Waals surface area contributed by atoms with Crippen LogP contribution in [0.4, 0.5) is 0 Å². The molecule has 1 heterocycles. The molecule has 1 aliphatic heterocycles. The lowest BCUT2D eigenvalue weighted by molar-refractivity contribution is -0.298. The second kappa shape index (κ2) is 18.1. The van der Waals surface area contributed by atoms with E-state index >= 15 is 0 Å². The third-order valence-electron chi connectivity index (χ3n) is 7.39. The second-order valence-electron chi connectivity index (χ2n) is 10.7. The van der Waals surface area contributed by atoms with Gasteiger partial charge in [-0.05, 0) is 59.0 Å². The van der Waals surface area contributed by atoms with Crippen molar-refractivity contribution >= 4 is 46.5 Å². The molecule has 1 aliphatic rings. The highest BCUT2D eigenvalue weighted by atomic mass is 127. The SMILES string of the molecule is O=C(OCC1O[C@H](OCC/C=C/I)C(OC(=O)c2ccccc2)[C@H](OC(=O)c2ccccc2)[C@@H]1OC(=O)c1ccccc1)c1ccccc1. The van der Waals surface area contributed by atoms with E-state index in [0.29, 0.717) is 6.42 Å². The summed E-state index contributed by atoms with van der Waals surface area (Å²) in [6.07, 6.45) is -4.50. The number of hydrogen-bond acceptors (Lipinski definition) is 10. The first-order valence-electron chi connectivity index (χ1n) is 15.5. The van der Waals surface area contributed by atoms with Gasteiger partial charge in [-0.3, -0.25) is 0 Å². The molecule has 11 heteroatoms. The van der Waals surface area contributed by atoms with Crippen LogP contribution in [0.5, 0.6) is 0 Å². The summed E-state index contributed by atoms with van der Waals surface area (Å²) in [4.78, 5) is 53.6. The average Bonchev–Trinajstić information content (AvgIpc) is 3.15. The standard InChI is InChI=1S/C38H33IO10/c39-23-13-14-24-44-38-33(49-37(43)29-21-11-4-12-22-29)32(48-36(42)28-19-9-3-10-20-28)31(47-35(41)27-17-7-2-8-18-27)30(46-38)25-45-34(40)26-15-5-1-6-16-26/h1-13,15-23,30-33,38H,14,24-25H2/b23-13+/t30?,31-,32-,33?,38+/m1/s1. The summed E-state index contributed by atoms with van der Waals surface area (Å²) in [6, 6.07) is 32.9. The Morgan fingerprint density at radius 3 is 1.43 bits per heavy atom. The zero-order chi connectivity index (χ0) is 34.4. The Kier molecular flexibility index (Phi) is 13.1. The van der Waals surface area contributed by atoms with Gasteiger partial charge in [0.1, 0.15) is 12.7 Å². The molecule has 4 aromatic rings. The number of carbonyl (C=O) groups is 4. The van der Waals surface area contributed by atoms with Crippen LogP contribution in [0.15, 0.2) is 131 Å². The molecule has 0 saturated carbocycles. The van der Waals surface area contributed by atoms with Gasteiger partial charge in [0.05, 0.1) is 28.9 Å². The number of esters is 4. The quantitative estimate of drug-likeness (QED) is 0.0635. The van der Waals surface area contributed by atoms with Gasteiger partial charge in [0.25, 0.3) is 0 Å². The summed E-state index contributed by atoms with van der Waals surface area (Å²) in [7, 11) is 0. The van der Waals surface area contributed by atoms with E-state index in [1.807, 2.05) is 10.2 Å². The van der Waals surface area contributed by atoms with Gasteiger partial charge in [0.2, 0.25) is 0 Å². The fraction of sp³-hybridized carbons (Fsp3) is 0.211. The van der Waals surface area contributed by atoms with E-state index in [1.54, 1.807) is 121 Å². The molecular weight excluding hydrogens is 743 g/mol. The molecule has 10 nitrogen and oxygen atoms in total. The van der Waals surface area contributed by atoms with Gasteiger partial charge in [-0.2, -0.15) is 0 Å². The van der Waals surface area contributed by atoms with E-state index in [9.17, 15) is 19.2 Å². The van der Waals surface area contributed by atoms with E-state index < -0.39 is 61.2 Å². The van der Waals surface area contributed by atoms with Gasteiger partial charge < -0.3 is 28.4 Å². The van der Waals surface area contributed by atoms with Crippen molar-refractivity contribution in [3.8, 4) is 0 Å². The molecule has 2 unspecified atom stereocenters. The maximum Gasteiger partial charge on any atom is 0.338 e. The maximum absolute atomic E-state index is 13.6. The molecule has 0 spiro atoms. The predicted octanol–water partition coefficient (Wildman–Crippen LogP) is 6.60. The van der Waals surface area contributed by atoms with Gasteiger partial charge in [-0.25, -0.2) is 19.2 Å². The van der Waals surface area contributed by atoms with Gasteiger partial charge in [0.15, 0.2) is 24.6 Å². The van der Waals surface area contributed by atoms with Crippen molar-refractivity contribution in [3.05, 3.63) is 154 Å². The third kappa shape index (κ3) is 9.84. The fourth-order valence-electron chi connectivity index (χ4n) is 4.98. The van der Waals surface area contributed by atoms with Crippen LogP contribution in [0.1, 0.15) is 47.9 Å². The number of hydrogen-bond donors (Lipinski definition) is 0. The third-order valence-corrected chi connectivity index (χ3v) is 7.90. The minimum absolute atomic E-state index is 0.133. The van der Waals surface area contributed by atoms with Crippen molar-refractivity contribution in [1.82, 2.24) is 0 Å². The highest BCUT2D eigenvalue weighted by Gasteiger charge is 2.53. The molecule has 1 fully saturated rings. The van der Waals surface area contributed by atoms with E-state index in [0.717, 1.165) is 0 Å². The van der Waals surface area contributed by atoms with Crippen molar-refractivity contribution in [2.75, 3.05) is 13.2 Å². The number of carbonyl (C=O) groups excluding carboxylic acids is 4. The first-order chi connectivity index (χ1) is 23.9. The zero-order valence-corrected chi connectivity index (χ0v) is 28.3. The minimum Gasteiger partial charge on any atom is -0.459 e. The highest BCUT2D eigenvalue weighted by molar-refractivity contribution is 14.1. The number of ether oxygens (including phenoxy) is 6. The molecule has 0 N–H and O–H groups in total. The second-order valence-corrected chi connectivity index (χ2v) is 11.5. The van der Waals surface area contributed by atoms with E-state index in [-0.39, 0.29) is 28.9 Å². The summed E-state index contributed by atoms with van der Waals surface area (Å²) in [5.74, 6) is -2.95. The molecule has 0 radical (unpaired) electrons. The predicted molar refractivity (Wildman–Crippen MR) is 186 cm³/mol. The number of halogens is 1. The van der Waals surface area contributed by atoms with Crippen molar-refractivity contribution in [2.24, 2.45) is 0 Å². The van der Waals surface area contributed by atoms with Gasteiger partial charge in [-0.15, -0.1) is 0 Å². The Balaban J connectivity index is 1.53. The molecular formula is C38H33IO10. The molecule has 0 aromatic heterocycles. The molecule has 0 bridgehead atoms. The van der Waals surface area contributed by atoms with Crippen LogP contribution in [0.3, 0.4) is 0 Å². The van der Waals surface area contributed by atoms with E-state index in [1.165, 1.54) is 0 Å². The van der Waals surface area contributed by atoms with Crippen molar-refractivity contribution in [2.45, 2.75) is 37.1 Å². The van der Waals surface area contributed by atoms with Crippen LogP contribution >= 0.6 is 22.6 Å². The number of benzene rings is 4. The maximum atomic E-state index is 13.6. The van der Waals surface area contributed by atoms with Crippen molar-refractivity contribution in [1.29, 1.82) is 0 Å². The molecule has 4 aromatic carbocycles. The van der Waals surface area contributed by atoms with Gasteiger partial charge in [-0.1, -0.05) is 101 Å². The van der Waals surface area contributed by atoms with Crippen LogP contribution in [0, 0.1) is 0 Å². The Morgan fingerprint density at radius 2 is 0.980 bits per heavy atom. The molecule has 5 atom stereocenters. The lowest BCUT2D eigenvalue weighted by Gasteiger charge is -2.44. The summed E-state index contributed by atoms with van der Waals surface area (Å²) >= 11 is 2.08. The van der Waals surface area contributed by atoms with Crippen LogP contribution < -0.4 is 0 Å². The molecule has 0 aliphatic carbocycles. The molecule has 5 rings (SSSR count). The molecule has 1 saturated heterocycles. The highest BCUT2D eigenvalue weighted by Crippen LogP contribution is 2.32. The topological polar surface area (TPSA) is 124 Å². The normalized spacial score (nSPS) is 20.2. The van der Waals surface area contributed by atoms with Crippen LogP contribution in [0.25, 0.3) is 0 Å². The Morgan fingerprint density at radius 1 is 0.571 bits per heavy atom. The minimum atomic E-state index is -1.47. The van der Waals surface area contributed by atoms with Crippen molar-refractivity contribution in [3.63, 3.8) is 0 Å². The average molecular weight is 777 g/mol. The molecule has 49 heavy (non-hydrogen) atoms. The summed E-state index contributed by atoms with van der Waals surface area (Å²) in [6.45, 7) is -0.291. The first kappa shape index (κ1) is 35.5. The van der Waals surface area contributed by atoms with Crippen LogP contribution in [-0.4, -0.2) is 67.8 Å². The lowest BCUT2D eigenvalue weighted by Crippen LogP contribution is -2.63. The zero-order valence-electron chi connectivity index (χ0n) is 26.2. The van der Waals surface area contributed by atoms with Gasteiger partial charge >= 0.3 is 23.9 Å². The Hall–Kier alpha value is -4.85. The smallest absolute Gasteiger partial charge is 0.338 e. The van der Waals surface area contributed by atoms with Crippen LogP contribution in [0.2, 0.25) is 0 Å².